The molecule has 2 N–H and O–H groups in total. The molecule has 0 aliphatic rings. The number of carboxylic acids is 1. The molecule has 2 rings (SSSR count). The Morgan fingerprint density at radius 2 is 1.75 bits per heavy atom. The normalized spacial score (nSPS) is 12.8. The van der Waals surface area contributed by atoms with Gasteiger partial charge in [0.05, 0.1) is 6.10 Å². The van der Waals surface area contributed by atoms with E-state index in [4.69, 9.17) is 33.0 Å². The number of hydrogen-bond acceptors (Lipinski definition) is 4. The molecule has 2 aromatic rings. The van der Waals surface area contributed by atoms with Crippen molar-refractivity contribution in [2.24, 2.45) is 7.05 Å². The molecular formula is C26H39Cl2F2N3O3. The van der Waals surface area contributed by atoms with Crippen molar-refractivity contribution in [2.45, 2.75) is 83.8 Å². The van der Waals surface area contributed by atoms with Gasteiger partial charge in [0.15, 0.2) is 0 Å². The van der Waals surface area contributed by atoms with Crippen molar-refractivity contribution >= 4 is 29.2 Å². The first-order valence-electron chi connectivity index (χ1n) is 12.4. The second-order valence-electron chi connectivity index (χ2n) is 8.75. The Balaban J connectivity index is 0.000000450. The third-order valence-electron chi connectivity index (χ3n) is 5.77. The number of methoxy groups -OCH3 is 1. The van der Waals surface area contributed by atoms with Crippen LogP contribution in [0.1, 0.15) is 99.4 Å². The van der Waals surface area contributed by atoms with Gasteiger partial charge in [-0.15, -0.1) is 0 Å². The molecule has 2 unspecified atom stereocenters. The zero-order valence-electron chi connectivity index (χ0n) is 21.6. The summed E-state index contributed by atoms with van der Waals surface area (Å²) >= 11 is 12.3. The van der Waals surface area contributed by atoms with Gasteiger partial charge in [-0.25, -0.2) is 13.6 Å². The van der Waals surface area contributed by atoms with Crippen LogP contribution in [0.15, 0.2) is 24.4 Å². The topological polar surface area (TPSA) is 76.4 Å². The summed E-state index contributed by atoms with van der Waals surface area (Å²) in [6, 6.07) is 5.79. The molecule has 1 heterocycles. The smallest absolute Gasteiger partial charge is 0.339 e. The molecular weight excluding hydrogens is 511 g/mol. The average Bonchev–Trinajstić information content (AvgIpc) is 3.23. The molecule has 6 nitrogen and oxygen atoms in total. The van der Waals surface area contributed by atoms with Crippen molar-refractivity contribution in [2.75, 3.05) is 13.7 Å². The molecule has 0 aliphatic heterocycles. The fourth-order valence-electron chi connectivity index (χ4n) is 3.86. The molecule has 0 aliphatic carbocycles. The van der Waals surface area contributed by atoms with Gasteiger partial charge in [0.25, 0.3) is 6.43 Å². The molecule has 0 fully saturated rings. The van der Waals surface area contributed by atoms with E-state index in [0.717, 1.165) is 23.0 Å². The van der Waals surface area contributed by atoms with Crippen LogP contribution in [0, 0.1) is 0 Å². The number of aromatic nitrogens is 2. The first-order chi connectivity index (χ1) is 17.1. The fraction of sp³-hybridized carbons (Fsp3) is 0.615. The summed E-state index contributed by atoms with van der Waals surface area (Å²) in [5.74, 6) is -1.39. The Morgan fingerprint density at radius 1 is 1.14 bits per heavy atom. The van der Waals surface area contributed by atoms with E-state index < -0.39 is 23.7 Å². The number of hydrogen-bond donors (Lipinski definition) is 2. The Kier molecular flexibility index (Phi) is 15.8. The molecule has 1 aromatic carbocycles. The van der Waals surface area contributed by atoms with E-state index in [9.17, 15) is 13.6 Å². The highest BCUT2D eigenvalue weighted by atomic mass is 35.5. The first-order valence-corrected chi connectivity index (χ1v) is 13.1. The lowest BCUT2D eigenvalue weighted by Crippen LogP contribution is -2.34. The van der Waals surface area contributed by atoms with Crippen molar-refractivity contribution in [1.29, 1.82) is 0 Å². The summed E-state index contributed by atoms with van der Waals surface area (Å²) in [6.45, 7) is 5.42. The van der Waals surface area contributed by atoms with Crippen molar-refractivity contribution in [3.8, 4) is 0 Å². The second-order valence-corrected chi connectivity index (χ2v) is 9.59. The van der Waals surface area contributed by atoms with E-state index in [0.29, 0.717) is 10.0 Å². The van der Waals surface area contributed by atoms with E-state index in [-0.39, 0.29) is 12.1 Å². The molecule has 0 spiro atoms. The van der Waals surface area contributed by atoms with E-state index in [2.05, 4.69) is 24.3 Å². The summed E-state index contributed by atoms with van der Waals surface area (Å²) in [5, 5.41) is 16.6. The molecule has 0 saturated carbocycles. The van der Waals surface area contributed by atoms with E-state index in [1.807, 2.05) is 12.1 Å². The molecule has 0 amide bonds. The molecule has 204 valence electrons. The van der Waals surface area contributed by atoms with Crippen molar-refractivity contribution < 1.29 is 23.4 Å². The quantitative estimate of drug-likeness (QED) is 0.221. The van der Waals surface area contributed by atoms with Crippen LogP contribution in [-0.2, 0) is 11.8 Å². The summed E-state index contributed by atoms with van der Waals surface area (Å²) < 4.78 is 30.8. The highest BCUT2D eigenvalue weighted by molar-refractivity contribution is 6.35. The van der Waals surface area contributed by atoms with Crippen LogP contribution >= 0.6 is 23.2 Å². The van der Waals surface area contributed by atoms with E-state index in [1.165, 1.54) is 58.4 Å². The lowest BCUT2D eigenvalue weighted by molar-refractivity contribution is 0.0684. The molecule has 2 atom stereocenters. The van der Waals surface area contributed by atoms with Crippen LogP contribution in [0.2, 0.25) is 10.0 Å². The summed E-state index contributed by atoms with van der Waals surface area (Å²) in [4.78, 5) is 10.4. The Labute approximate surface area is 223 Å². The highest BCUT2D eigenvalue weighted by Gasteiger charge is 2.22. The minimum absolute atomic E-state index is 0.0659. The summed E-state index contributed by atoms with van der Waals surface area (Å²) in [7, 11) is 3.11. The lowest BCUT2D eigenvalue weighted by atomic mass is 10.0. The number of aromatic carboxylic acids is 1. The molecule has 36 heavy (non-hydrogen) atoms. The number of nitrogens with one attached hydrogen (secondary N) is 1. The third-order valence-corrected chi connectivity index (χ3v) is 6.33. The van der Waals surface area contributed by atoms with Crippen LogP contribution in [-0.4, -0.2) is 40.6 Å². The molecule has 10 heteroatoms. The van der Waals surface area contributed by atoms with Crippen molar-refractivity contribution in [3.63, 3.8) is 0 Å². The van der Waals surface area contributed by atoms with Crippen LogP contribution in [0.4, 0.5) is 8.78 Å². The Bertz CT molecular complexity index is 913. The van der Waals surface area contributed by atoms with Gasteiger partial charge in [-0.2, -0.15) is 5.10 Å². The number of nitrogens with zero attached hydrogens (tertiary/aromatic N) is 2. The van der Waals surface area contributed by atoms with E-state index >= 15 is 0 Å². The third kappa shape index (κ3) is 11.5. The number of unbranched alkanes of at least 4 members (excludes halogenated alkanes) is 7. The van der Waals surface area contributed by atoms with Gasteiger partial charge in [-0.1, -0.05) is 81.1 Å². The SMILES string of the molecule is CCCCCCCCCCNC(C)C(OC)c1ccc(Cl)cc1Cl.Cn1cc(C(=O)O)c(C(F)F)n1. The number of aryl methyl sites for hydroxylation is 1. The van der Waals surface area contributed by atoms with Crippen LogP contribution in [0.5, 0.6) is 0 Å². The van der Waals surface area contributed by atoms with Crippen LogP contribution in [0.3, 0.4) is 0 Å². The number of halogens is 4. The average molecular weight is 551 g/mol. The second kappa shape index (κ2) is 17.7. The van der Waals surface area contributed by atoms with Crippen molar-refractivity contribution in [1.82, 2.24) is 15.1 Å². The Hall–Kier alpha value is -1.74. The van der Waals surface area contributed by atoms with Crippen LogP contribution < -0.4 is 5.32 Å². The number of ether oxygens (including phenoxy) is 1. The standard InChI is InChI=1S/C20H33Cl2NO.C6H6F2N2O2/c1-4-5-6-7-8-9-10-11-14-23-16(2)20(24-3)18-13-12-17(21)15-19(18)22;1-10-2-3(6(11)12)4(9-10)5(7)8/h12-13,15-16,20,23H,4-11,14H2,1-3H3;2,5H,1H3,(H,11,12). The van der Waals surface area contributed by atoms with Crippen LogP contribution in [0.25, 0.3) is 0 Å². The maximum Gasteiger partial charge on any atom is 0.339 e. The van der Waals surface area contributed by atoms with Gasteiger partial charge in [0, 0.05) is 42.0 Å². The molecule has 0 saturated heterocycles. The van der Waals surface area contributed by atoms with Gasteiger partial charge < -0.3 is 15.2 Å². The molecule has 1 aromatic heterocycles. The number of benzene rings is 1. The van der Waals surface area contributed by atoms with Gasteiger partial charge >= 0.3 is 5.97 Å². The number of carbonyl (C=O) groups is 1. The fourth-order valence-corrected chi connectivity index (χ4v) is 4.38. The van der Waals surface area contributed by atoms with E-state index in [1.54, 1.807) is 13.2 Å². The number of carboxylic acid groups (broad SMARTS) is 1. The van der Waals surface area contributed by atoms with Gasteiger partial charge in [0.1, 0.15) is 11.3 Å². The maximum absolute atomic E-state index is 12.1. The first kappa shape index (κ1) is 32.3. The molecule has 0 radical (unpaired) electrons. The van der Waals surface area contributed by atoms with Gasteiger partial charge in [-0.05, 0) is 32.0 Å². The zero-order valence-corrected chi connectivity index (χ0v) is 23.1. The molecule has 0 bridgehead atoms. The van der Waals surface area contributed by atoms with Gasteiger partial charge in [-0.3, -0.25) is 4.68 Å². The zero-order chi connectivity index (χ0) is 27.1. The lowest BCUT2D eigenvalue weighted by Gasteiger charge is -2.25. The number of alkyl halides is 2. The minimum atomic E-state index is -2.85. The van der Waals surface area contributed by atoms with Crippen molar-refractivity contribution in [3.05, 3.63) is 51.3 Å². The summed E-state index contributed by atoms with van der Waals surface area (Å²) in [6.07, 6.45) is 8.83. The summed E-state index contributed by atoms with van der Waals surface area (Å²) in [5.41, 5.74) is -0.156. The largest absolute Gasteiger partial charge is 0.478 e. The maximum atomic E-state index is 12.1. The predicted octanol–water partition coefficient (Wildman–Crippen LogP) is 7.86. The number of rotatable bonds is 15. The highest BCUT2D eigenvalue weighted by Crippen LogP contribution is 2.30. The predicted molar refractivity (Wildman–Crippen MR) is 141 cm³/mol. The Morgan fingerprint density at radius 3 is 2.25 bits per heavy atom. The monoisotopic (exact) mass is 549 g/mol. The van der Waals surface area contributed by atoms with Gasteiger partial charge in [0.2, 0.25) is 0 Å². The minimum Gasteiger partial charge on any atom is -0.478 e.